The van der Waals surface area contributed by atoms with Crippen molar-refractivity contribution in [1.29, 1.82) is 0 Å². The van der Waals surface area contributed by atoms with Gasteiger partial charge in [0.05, 0.1) is 5.92 Å². The van der Waals surface area contributed by atoms with E-state index in [0.717, 1.165) is 4.57 Å². The van der Waals surface area contributed by atoms with E-state index in [1.54, 1.807) is 7.05 Å². The van der Waals surface area contributed by atoms with Crippen molar-refractivity contribution in [2.24, 2.45) is 20.0 Å². The molecule has 0 spiro atoms. The van der Waals surface area contributed by atoms with Crippen molar-refractivity contribution in [3.05, 3.63) is 56.7 Å². The molecule has 0 aliphatic carbocycles. The van der Waals surface area contributed by atoms with Gasteiger partial charge in [0.25, 0.3) is 5.56 Å². The number of halogens is 3. The molecule has 1 aromatic heterocycles. The number of alkyl halides is 3. The highest BCUT2D eigenvalue weighted by molar-refractivity contribution is 5.79. The molecule has 1 N–H and O–H groups in total. The Morgan fingerprint density at radius 1 is 1.16 bits per heavy atom. The first-order chi connectivity index (χ1) is 14.5. The molecule has 1 aliphatic rings. The van der Waals surface area contributed by atoms with E-state index in [0.29, 0.717) is 37.3 Å². The van der Waals surface area contributed by atoms with E-state index in [2.05, 4.69) is 10.1 Å². The predicted molar refractivity (Wildman–Crippen MR) is 107 cm³/mol. The molecule has 1 fully saturated rings. The van der Waals surface area contributed by atoms with Crippen molar-refractivity contribution in [1.82, 2.24) is 14.5 Å². The number of aromatic nitrogens is 2. The second-order valence-electron chi connectivity index (χ2n) is 7.44. The maximum Gasteiger partial charge on any atom is 0.573 e. The molecule has 1 amide bonds. The highest BCUT2D eigenvalue weighted by atomic mass is 19.4. The Kier molecular flexibility index (Phi) is 6.42. The van der Waals surface area contributed by atoms with Gasteiger partial charge >= 0.3 is 12.1 Å². The highest BCUT2D eigenvalue weighted by Gasteiger charge is 2.31. The smallest absolute Gasteiger partial charge is 0.406 e. The molecule has 8 nitrogen and oxygen atoms in total. The summed E-state index contributed by atoms with van der Waals surface area (Å²) in [6.07, 6.45) is -3.39. The van der Waals surface area contributed by atoms with Crippen LogP contribution in [0.15, 0.2) is 39.9 Å². The Hall–Kier alpha value is -3.24. The van der Waals surface area contributed by atoms with Crippen LogP contribution in [-0.2, 0) is 25.4 Å². The highest BCUT2D eigenvalue weighted by Crippen LogP contribution is 2.23. The monoisotopic (exact) mass is 440 g/mol. The number of nitrogens with zero attached hydrogens (tertiary/aromatic N) is 3. The van der Waals surface area contributed by atoms with Gasteiger partial charge in [-0.05, 0) is 30.5 Å². The lowest BCUT2D eigenvalue weighted by atomic mass is 9.97. The lowest BCUT2D eigenvalue weighted by molar-refractivity contribution is -0.274. The Bertz CT molecular complexity index is 1060. The van der Waals surface area contributed by atoms with Crippen molar-refractivity contribution in [2.45, 2.75) is 25.7 Å². The Balaban J connectivity index is 1.62. The number of amides is 1. The molecule has 168 valence electrons. The molecule has 1 aliphatic heterocycles. The van der Waals surface area contributed by atoms with Gasteiger partial charge < -0.3 is 15.0 Å². The van der Waals surface area contributed by atoms with Gasteiger partial charge in [0, 0.05) is 39.8 Å². The largest absolute Gasteiger partial charge is 0.573 e. The van der Waals surface area contributed by atoms with Crippen molar-refractivity contribution in [2.75, 3.05) is 18.0 Å². The van der Waals surface area contributed by atoms with Gasteiger partial charge in [-0.1, -0.05) is 12.1 Å². The predicted octanol–water partition coefficient (Wildman–Crippen LogP) is 1.52. The second-order valence-corrected chi connectivity index (χ2v) is 7.44. The van der Waals surface area contributed by atoms with E-state index in [1.807, 2.05) is 4.90 Å². The SMILES string of the molecule is Cn1c(N2CCCC(C(=O)NCc3ccc(OC(F)(F)F)cc3)C2)cc(=O)n(C)c1=O. The van der Waals surface area contributed by atoms with E-state index in [9.17, 15) is 27.6 Å². The van der Waals surface area contributed by atoms with Crippen LogP contribution in [0.1, 0.15) is 18.4 Å². The van der Waals surface area contributed by atoms with Crippen LogP contribution in [0.5, 0.6) is 5.75 Å². The van der Waals surface area contributed by atoms with Crippen LogP contribution in [0.2, 0.25) is 0 Å². The maximum atomic E-state index is 12.6. The Morgan fingerprint density at radius 2 is 1.84 bits per heavy atom. The van der Waals surface area contributed by atoms with Crippen LogP contribution in [0.3, 0.4) is 0 Å². The summed E-state index contributed by atoms with van der Waals surface area (Å²) in [5, 5.41) is 2.79. The fourth-order valence-electron chi connectivity index (χ4n) is 3.57. The van der Waals surface area contributed by atoms with Crippen LogP contribution >= 0.6 is 0 Å². The van der Waals surface area contributed by atoms with Crippen LogP contribution in [-0.4, -0.2) is 34.5 Å². The van der Waals surface area contributed by atoms with Gasteiger partial charge in [-0.25, -0.2) is 4.79 Å². The number of anilines is 1. The topological polar surface area (TPSA) is 85.6 Å². The summed E-state index contributed by atoms with van der Waals surface area (Å²) < 4.78 is 42.9. The van der Waals surface area contributed by atoms with Crippen molar-refractivity contribution >= 4 is 11.7 Å². The first-order valence-electron chi connectivity index (χ1n) is 9.69. The second kappa shape index (κ2) is 8.86. The van der Waals surface area contributed by atoms with Gasteiger partial charge in [-0.15, -0.1) is 13.2 Å². The van der Waals surface area contributed by atoms with E-state index in [4.69, 9.17) is 0 Å². The molecule has 11 heteroatoms. The first-order valence-corrected chi connectivity index (χ1v) is 9.69. The van der Waals surface area contributed by atoms with Crippen molar-refractivity contribution in [3.63, 3.8) is 0 Å². The lowest BCUT2D eigenvalue weighted by Gasteiger charge is -2.34. The summed E-state index contributed by atoms with van der Waals surface area (Å²) in [6.45, 7) is 1.13. The molecule has 1 aromatic carbocycles. The van der Waals surface area contributed by atoms with Crippen LogP contribution < -0.4 is 26.2 Å². The quantitative estimate of drug-likeness (QED) is 0.762. The molecule has 1 atom stereocenters. The normalized spacial score (nSPS) is 16.8. The van der Waals surface area contributed by atoms with E-state index in [-0.39, 0.29) is 24.1 Å². The Labute approximate surface area is 175 Å². The number of hydrogen-bond donors (Lipinski definition) is 1. The molecule has 0 radical (unpaired) electrons. The number of piperidine rings is 1. The van der Waals surface area contributed by atoms with Gasteiger partial charge in [0.15, 0.2) is 0 Å². The zero-order chi connectivity index (χ0) is 22.8. The molecule has 0 saturated carbocycles. The van der Waals surface area contributed by atoms with Gasteiger partial charge in [0.2, 0.25) is 5.91 Å². The zero-order valence-corrected chi connectivity index (χ0v) is 17.1. The number of ether oxygens (including phenoxy) is 1. The number of carbonyl (C=O) groups excluding carboxylic acids is 1. The molecule has 3 rings (SSSR count). The van der Waals surface area contributed by atoms with Gasteiger partial charge in [-0.2, -0.15) is 0 Å². The van der Waals surface area contributed by atoms with Crippen molar-refractivity contribution in [3.8, 4) is 5.75 Å². The number of benzene rings is 1. The third kappa shape index (κ3) is 5.47. The lowest BCUT2D eigenvalue weighted by Crippen LogP contribution is -2.46. The number of nitrogens with one attached hydrogen (secondary N) is 1. The zero-order valence-electron chi connectivity index (χ0n) is 17.1. The molecular formula is C20H23F3N4O4. The molecule has 2 heterocycles. The first kappa shape index (κ1) is 22.4. The molecular weight excluding hydrogens is 417 g/mol. The molecule has 31 heavy (non-hydrogen) atoms. The minimum atomic E-state index is -4.75. The standard InChI is InChI=1S/C20H23F3N4O4/c1-25-16(10-17(28)26(2)19(25)30)27-9-3-4-14(12-27)18(29)24-11-13-5-7-15(8-6-13)31-20(21,22)23/h5-8,10,14H,3-4,9,11-12H2,1-2H3,(H,24,29). The fraction of sp³-hybridized carbons (Fsp3) is 0.450. The Morgan fingerprint density at radius 3 is 2.48 bits per heavy atom. The summed E-state index contributed by atoms with van der Waals surface area (Å²) in [7, 11) is 2.98. The summed E-state index contributed by atoms with van der Waals surface area (Å²) in [4.78, 5) is 38.7. The number of carbonyl (C=O) groups is 1. The van der Waals surface area contributed by atoms with Crippen LogP contribution in [0.25, 0.3) is 0 Å². The molecule has 2 aromatic rings. The summed E-state index contributed by atoms with van der Waals surface area (Å²) >= 11 is 0. The molecule has 1 saturated heterocycles. The summed E-state index contributed by atoms with van der Waals surface area (Å²) in [6, 6.07) is 6.65. The summed E-state index contributed by atoms with van der Waals surface area (Å²) in [5.74, 6) is -0.411. The number of hydrogen-bond acceptors (Lipinski definition) is 5. The minimum Gasteiger partial charge on any atom is -0.406 e. The number of rotatable bonds is 5. The molecule has 0 bridgehead atoms. The average Bonchev–Trinajstić information content (AvgIpc) is 2.73. The van der Waals surface area contributed by atoms with Crippen LogP contribution in [0.4, 0.5) is 19.0 Å². The van der Waals surface area contributed by atoms with Crippen molar-refractivity contribution < 1.29 is 22.7 Å². The van der Waals surface area contributed by atoms with Gasteiger partial charge in [0.1, 0.15) is 11.6 Å². The fourth-order valence-corrected chi connectivity index (χ4v) is 3.57. The van der Waals surface area contributed by atoms with E-state index >= 15 is 0 Å². The van der Waals surface area contributed by atoms with E-state index in [1.165, 1.54) is 41.9 Å². The van der Waals surface area contributed by atoms with E-state index < -0.39 is 17.6 Å². The minimum absolute atomic E-state index is 0.159. The third-order valence-electron chi connectivity index (χ3n) is 5.24. The maximum absolute atomic E-state index is 12.6. The van der Waals surface area contributed by atoms with Gasteiger partial charge in [-0.3, -0.25) is 18.7 Å². The third-order valence-corrected chi connectivity index (χ3v) is 5.24. The molecule has 1 unspecified atom stereocenters. The average molecular weight is 440 g/mol. The summed E-state index contributed by atoms with van der Waals surface area (Å²) in [5.41, 5.74) is -0.223. The van der Waals surface area contributed by atoms with Crippen LogP contribution in [0, 0.1) is 5.92 Å².